The number of amides is 1. The maximum absolute atomic E-state index is 11.2. The molecule has 7 heteroatoms. The Morgan fingerprint density at radius 1 is 1.30 bits per heavy atom. The van der Waals surface area contributed by atoms with Crippen LogP contribution in [0, 0.1) is 0 Å². The SMILES string of the molecule is CN=C(NCCCN1CCCCC1C)NCc1cccc(NC(C)=O)c1.I. The number of aliphatic imine (C=N–C) groups is 1. The standard InChI is InChI=1S/C20H33N5O.HI/c1-16-8-4-5-12-25(16)13-7-11-22-20(21-3)23-15-18-9-6-10-19(14-18)24-17(2)26;/h6,9-10,14,16H,4-5,7-8,11-13,15H2,1-3H3,(H,24,26)(H2,21,22,23);1H. The van der Waals surface area contributed by atoms with E-state index in [4.69, 9.17) is 0 Å². The molecule has 27 heavy (non-hydrogen) atoms. The summed E-state index contributed by atoms with van der Waals surface area (Å²) >= 11 is 0. The number of anilines is 1. The van der Waals surface area contributed by atoms with Gasteiger partial charge in [0.25, 0.3) is 0 Å². The predicted molar refractivity (Wildman–Crippen MR) is 124 cm³/mol. The van der Waals surface area contributed by atoms with Gasteiger partial charge in [-0.05, 0) is 50.4 Å². The number of carbonyl (C=O) groups excluding carboxylic acids is 1. The molecular formula is C20H34IN5O. The molecule has 0 aromatic heterocycles. The van der Waals surface area contributed by atoms with Gasteiger partial charge in [0.05, 0.1) is 0 Å². The highest BCUT2D eigenvalue weighted by molar-refractivity contribution is 14.0. The van der Waals surface area contributed by atoms with Crippen molar-refractivity contribution >= 4 is 41.5 Å². The first-order valence-corrected chi connectivity index (χ1v) is 9.63. The molecule has 0 bridgehead atoms. The van der Waals surface area contributed by atoms with E-state index in [0.29, 0.717) is 6.54 Å². The molecule has 2 rings (SSSR count). The first-order valence-electron chi connectivity index (χ1n) is 9.63. The number of carbonyl (C=O) groups is 1. The number of benzene rings is 1. The first kappa shape index (κ1) is 23.7. The summed E-state index contributed by atoms with van der Waals surface area (Å²) in [5, 5.41) is 9.52. The van der Waals surface area contributed by atoms with Gasteiger partial charge in [0.2, 0.25) is 5.91 Å². The fourth-order valence-corrected chi connectivity index (χ4v) is 3.35. The Kier molecular flexibility index (Phi) is 11.3. The van der Waals surface area contributed by atoms with Crippen molar-refractivity contribution in [2.45, 2.75) is 52.1 Å². The highest BCUT2D eigenvalue weighted by Crippen LogP contribution is 2.16. The van der Waals surface area contributed by atoms with Gasteiger partial charge in [0, 0.05) is 45.3 Å². The molecule has 1 saturated heterocycles. The number of hydrogen-bond donors (Lipinski definition) is 3. The summed E-state index contributed by atoms with van der Waals surface area (Å²) in [4.78, 5) is 18.0. The first-order chi connectivity index (χ1) is 12.6. The number of rotatable bonds is 7. The zero-order valence-corrected chi connectivity index (χ0v) is 19.1. The molecule has 0 spiro atoms. The quantitative estimate of drug-likeness (QED) is 0.239. The van der Waals surface area contributed by atoms with E-state index >= 15 is 0 Å². The molecule has 0 aliphatic carbocycles. The Hall–Kier alpha value is -1.35. The minimum absolute atomic E-state index is 0. The molecule has 1 aliphatic heterocycles. The topological polar surface area (TPSA) is 68.8 Å². The number of hydrogen-bond acceptors (Lipinski definition) is 3. The summed E-state index contributed by atoms with van der Waals surface area (Å²) in [7, 11) is 1.79. The second-order valence-corrected chi connectivity index (χ2v) is 6.97. The van der Waals surface area contributed by atoms with Crippen LogP contribution >= 0.6 is 24.0 Å². The molecular weight excluding hydrogens is 453 g/mol. The second-order valence-electron chi connectivity index (χ2n) is 6.97. The van der Waals surface area contributed by atoms with E-state index in [1.54, 1.807) is 7.05 Å². The van der Waals surface area contributed by atoms with Crippen molar-refractivity contribution in [2.24, 2.45) is 4.99 Å². The lowest BCUT2D eigenvalue weighted by Gasteiger charge is -2.33. The Bertz CT molecular complexity index is 608. The lowest BCUT2D eigenvalue weighted by atomic mass is 10.0. The van der Waals surface area contributed by atoms with Gasteiger partial charge in [0.15, 0.2) is 5.96 Å². The Morgan fingerprint density at radius 2 is 2.11 bits per heavy atom. The summed E-state index contributed by atoms with van der Waals surface area (Å²) in [6.07, 6.45) is 5.14. The van der Waals surface area contributed by atoms with Crippen molar-refractivity contribution in [3.05, 3.63) is 29.8 Å². The van der Waals surface area contributed by atoms with Gasteiger partial charge in [-0.25, -0.2) is 0 Å². The summed E-state index contributed by atoms with van der Waals surface area (Å²) in [5.74, 6) is 0.747. The van der Waals surface area contributed by atoms with Crippen LogP contribution in [0.3, 0.4) is 0 Å². The highest BCUT2D eigenvalue weighted by Gasteiger charge is 2.17. The van der Waals surface area contributed by atoms with Crippen molar-refractivity contribution < 1.29 is 4.79 Å². The zero-order valence-electron chi connectivity index (χ0n) is 16.8. The van der Waals surface area contributed by atoms with Gasteiger partial charge >= 0.3 is 0 Å². The average Bonchev–Trinajstić information content (AvgIpc) is 2.62. The molecule has 1 aromatic rings. The molecule has 1 aromatic carbocycles. The van der Waals surface area contributed by atoms with E-state index in [-0.39, 0.29) is 29.9 Å². The molecule has 1 aliphatic rings. The largest absolute Gasteiger partial charge is 0.356 e. The van der Waals surface area contributed by atoms with Gasteiger partial charge < -0.3 is 20.9 Å². The normalized spacial score (nSPS) is 17.7. The van der Waals surface area contributed by atoms with E-state index in [2.05, 4.69) is 32.8 Å². The van der Waals surface area contributed by atoms with Crippen LogP contribution in [-0.2, 0) is 11.3 Å². The van der Waals surface area contributed by atoms with Crippen LogP contribution in [-0.4, -0.2) is 49.5 Å². The molecule has 1 atom stereocenters. The molecule has 3 N–H and O–H groups in total. The van der Waals surface area contributed by atoms with Crippen LogP contribution in [0.4, 0.5) is 5.69 Å². The Morgan fingerprint density at radius 3 is 2.81 bits per heavy atom. The van der Waals surface area contributed by atoms with Crippen LogP contribution in [0.2, 0.25) is 0 Å². The summed E-state index contributed by atoms with van der Waals surface area (Å²) in [5.41, 5.74) is 1.91. The van der Waals surface area contributed by atoms with Gasteiger partial charge in [-0.2, -0.15) is 0 Å². The molecule has 0 saturated carbocycles. The number of likely N-dealkylation sites (tertiary alicyclic amines) is 1. The third-order valence-electron chi connectivity index (χ3n) is 4.79. The molecule has 6 nitrogen and oxygen atoms in total. The monoisotopic (exact) mass is 487 g/mol. The predicted octanol–water partition coefficient (Wildman–Crippen LogP) is 3.19. The Balaban J connectivity index is 0.00000364. The van der Waals surface area contributed by atoms with Crippen molar-refractivity contribution in [2.75, 3.05) is 32.0 Å². The third kappa shape index (κ3) is 8.92. The van der Waals surface area contributed by atoms with Crippen molar-refractivity contribution in [1.82, 2.24) is 15.5 Å². The number of piperidine rings is 1. The summed E-state index contributed by atoms with van der Waals surface area (Å²) < 4.78 is 0. The van der Waals surface area contributed by atoms with Crippen molar-refractivity contribution in [3.8, 4) is 0 Å². The smallest absolute Gasteiger partial charge is 0.221 e. The van der Waals surface area contributed by atoms with Crippen molar-refractivity contribution in [1.29, 1.82) is 0 Å². The number of nitrogens with one attached hydrogen (secondary N) is 3. The van der Waals surface area contributed by atoms with Crippen LogP contribution in [0.25, 0.3) is 0 Å². The highest BCUT2D eigenvalue weighted by atomic mass is 127. The maximum atomic E-state index is 11.2. The van der Waals surface area contributed by atoms with E-state index in [0.717, 1.165) is 42.8 Å². The lowest BCUT2D eigenvalue weighted by molar-refractivity contribution is -0.114. The third-order valence-corrected chi connectivity index (χ3v) is 4.79. The molecule has 0 radical (unpaired) electrons. The second kappa shape index (κ2) is 12.9. The van der Waals surface area contributed by atoms with E-state index in [1.165, 1.54) is 32.7 Å². The van der Waals surface area contributed by atoms with Gasteiger partial charge in [-0.1, -0.05) is 18.6 Å². The van der Waals surface area contributed by atoms with E-state index in [9.17, 15) is 4.79 Å². The summed E-state index contributed by atoms with van der Waals surface area (Å²) in [6, 6.07) is 8.55. The van der Waals surface area contributed by atoms with Gasteiger partial charge in [-0.15, -0.1) is 24.0 Å². The minimum atomic E-state index is -0.0596. The lowest BCUT2D eigenvalue weighted by Crippen LogP contribution is -2.41. The minimum Gasteiger partial charge on any atom is -0.356 e. The van der Waals surface area contributed by atoms with Crippen LogP contribution in [0.5, 0.6) is 0 Å². The molecule has 152 valence electrons. The maximum Gasteiger partial charge on any atom is 0.221 e. The van der Waals surface area contributed by atoms with Crippen molar-refractivity contribution in [3.63, 3.8) is 0 Å². The van der Waals surface area contributed by atoms with Crippen LogP contribution in [0.1, 0.15) is 45.1 Å². The van der Waals surface area contributed by atoms with E-state index < -0.39 is 0 Å². The Labute approximate surface area is 180 Å². The molecule has 1 fully saturated rings. The average molecular weight is 487 g/mol. The summed E-state index contributed by atoms with van der Waals surface area (Å²) in [6.45, 7) is 7.80. The molecule has 1 amide bonds. The molecule has 1 heterocycles. The number of halogens is 1. The number of nitrogens with zero attached hydrogens (tertiary/aromatic N) is 2. The van der Waals surface area contributed by atoms with Crippen LogP contribution in [0.15, 0.2) is 29.3 Å². The molecule has 1 unspecified atom stereocenters. The van der Waals surface area contributed by atoms with E-state index in [1.807, 2.05) is 24.3 Å². The zero-order chi connectivity index (χ0) is 18.8. The fraction of sp³-hybridized carbons (Fsp3) is 0.600. The van der Waals surface area contributed by atoms with Gasteiger partial charge in [-0.3, -0.25) is 9.79 Å². The van der Waals surface area contributed by atoms with Gasteiger partial charge in [0.1, 0.15) is 0 Å². The number of guanidine groups is 1. The van der Waals surface area contributed by atoms with Crippen LogP contribution < -0.4 is 16.0 Å². The fourth-order valence-electron chi connectivity index (χ4n) is 3.35.